The molecule has 1 N–H and O–H groups in total. The fourth-order valence-electron chi connectivity index (χ4n) is 1.71. The Morgan fingerprint density at radius 1 is 1.25 bits per heavy atom. The van der Waals surface area contributed by atoms with Crippen LogP contribution in [-0.2, 0) is 0 Å². The van der Waals surface area contributed by atoms with Gasteiger partial charge in [0.2, 0.25) is 0 Å². The minimum absolute atomic E-state index is 0.286. The number of hydrogen-bond donors (Lipinski definition) is 1. The maximum Gasteiger partial charge on any atom is 0.0558 e. The SMILES string of the molecule is CCC[C@@H](CC)N(CC)CCO. The molecule has 12 heavy (non-hydrogen) atoms. The smallest absolute Gasteiger partial charge is 0.0558 e. The summed E-state index contributed by atoms with van der Waals surface area (Å²) in [6, 6.07) is 0.673. The molecular weight excluding hydrogens is 150 g/mol. The quantitative estimate of drug-likeness (QED) is 0.635. The number of nitrogens with zero attached hydrogens (tertiary/aromatic N) is 1. The van der Waals surface area contributed by atoms with Gasteiger partial charge in [-0.05, 0) is 19.4 Å². The lowest BCUT2D eigenvalue weighted by Gasteiger charge is -2.28. The molecule has 0 fully saturated rings. The van der Waals surface area contributed by atoms with Gasteiger partial charge in [0.05, 0.1) is 6.61 Å². The molecule has 2 nitrogen and oxygen atoms in total. The highest BCUT2D eigenvalue weighted by Crippen LogP contribution is 2.09. The Hall–Kier alpha value is -0.0800. The number of hydrogen-bond acceptors (Lipinski definition) is 2. The molecule has 0 spiro atoms. The minimum Gasteiger partial charge on any atom is -0.395 e. The molecule has 0 aromatic heterocycles. The van der Waals surface area contributed by atoms with E-state index in [0.717, 1.165) is 13.1 Å². The van der Waals surface area contributed by atoms with Crippen LogP contribution >= 0.6 is 0 Å². The molecule has 0 aromatic rings. The molecular formula is C10H23NO. The zero-order valence-corrected chi connectivity index (χ0v) is 8.71. The lowest BCUT2D eigenvalue weighted by atomic mass is 10.1. The average Bonchev–Trinajstić information content (AvgIpc) is 2.11. The van der Waals surface area contributed by atoms with E-state index in [9.17, 15) is 0 Å². The molecule has 0 aliphatic carbocycles. The van der Waals surface area contributed by atoms with E-state index < -0.39 is 0 Å². The van der Waals surface area contributed by atoms with Gasteiger partial charge in [0.25, 0.3) is 0 Å². The second-order valence-electron chi connectivity index (χ2n) is 3.20. The normalized spacial score (nSPS) is 13.8. The van der Waals surface area contributed by atoms with E-state index >= 15 is 0 Å². The Kier molecular flexibility index (Phi) is 7.51. The summed E-state index contributed by atoms with van der Waals surface area (Å²) in [6.07, 6.45) is 3.69. The summed E-state index contributed by atoms with van der Waals surface area (Å²) in [5, 5.41) is 8.84. The summed E-state index contributed by atoms with van der Waals surface area (Å²) < 4.78 is 0. The Labute approximate surface area is 76.6 Å². The van der Waals surface area contributed by atoms with E-state index in [1.165, 1.54) is 19.3 Å². The molecule has 74 valence electrons. The van der Waals surface area contributed by atoms with Gasteiger partial charge in [0.15, 0.2) is 0 Å². The van der Waals surface area contributed by atoms with Crippen molar-refractivity contribution in [3.8, 4) is 0 Å². The number of likely N-dealkylation sites (N-methyl/N-ethyl adjacent to an activating group) is 1. The summed E-state index contributed by atoms with van der Waals surface area (Å²) in [5.74, 6) is 0. The average molecular weight is 173 g/mol. The van der Waals surface area contributed by atoms with Gasteiger partial charge >= 0.3 is 0 Å². The number of rotatable bonds is 7. The third-order valence-electron chi connectivity index (χ3n) is 2.40. The van der Waals surface area contributed by atoms with Crippen LogP contribution in [0.4, 0.5) is 0 Å². The Balaban J connectivity index is 3.84. The molecule has 0 rings (SSSR count). The number of aliphatic hydroxyl groups is 1. The Bertz CT molecular complexity index is 83.8. The van der Waals surface area contributed by atoms with Crippen molar-refractivity contribution in [3.63, 3.8) is 0 Å². The van der Waals surface area contributed by atoms with Crippen molar-refractivity contribution in [2.45, 2.75) is 46.1 Å². The first-order chi connectivity index (χ1) is 5.79. The second kappa shape index (κ2) is 7.56. The van der Waals surface area contributed by atoms with Crippen LogP contribution in [0.25, 0.3) is 0 Å². The first-order valence-corrected chi connectivity index (χ1v) is 5.14. The van der Waals surface area contributed by atoms with Crippen molar-refractivity contribution in [2.24, 2.45) is 0 Å². The molecule has 0 aromatic carbocycles. The van der Waals surface area contributed by atoms with Gasteiger partial charge in [-0.25, -0.2) is 0 Å². The second-order valence-corrected chi connectivity index (χ2v) is 3.20. The van der Waals surface area contributed by atoms with Crippen LogP contribution in [0, 0.1) is 0 Å². The van der Waals surface area contributed by atoms with Gasteiger partial charge in [-0.15, -0.1) is 0 Å². The van der Waals surface area contributed by atoms with Gasteiger partial charge in [-0.1, -0.05) is 27.2 Å². The van der Waals surface area contributed by atoms with Crippen molar-refractivity contribution >= 4 is 0 Å². The van der Waals surface area contributed by atoms with Gasteiger partial charge < -0.3 is 5.11 Å². The van der Waals surface area contributed by atoms with E-state index in [4.69, 9.17) is 5.11 Å². The lowest BCUT2D eigenvalue weighted by molar-refractivity contribution is 0.146. The third-order valence-corrected chi connectivity index (χ3v) is 2.40. The molecule has 0 aliphatic rings. The van der Waals surface area contributed by atoms with Crippen molar-refractivity contribution in [2.75, 3.05) is 19.7 Å². The molecule has 0 amide bonds. The van der Waals surface area contributed by atoms with Crippen LogP contribution in [0.2, 0.25) is 0 Å². The largest absolute Gasteiger partial charge is 0.395 e. The Morgan fingerprint density at radius 2 is 1.92 bits per heavy atom. The predicted octanol–water partition coefficient (Wildman–Crippen LogP) is 1.88. The van der Waals surface area contributed by atoms with Gasteiger partial charge in [-0.3, -0.25) is 4.90 Å². The van der Waals surface area contributed by atoms with Crippen LogP contribution in [-0.4, -0.2) is 35.7 Å². The Morgan fingerprint density at radius 3 is 2.25 bits per heavy atom. The van der Waals surface area contributed by atoms with E-state index in [1.807, 2.05) is 0 Å². The summed E-state index contributed by atoms with van der Waals surface area (Å²) in [5.41, 5.74) is 0. The predicted molar refractivity (Wildman–Crippen MR) is 53.3 cm³/mol. The van der Waals surface area contributed by atoms with E-state index in [2.05, 4.69) is 25.7 Å². The molecule has 0 heterocycles. The standard InChI is InChI=1S/C10H23NO/c1-4-7-10(5-2)11(6-3)8-9-12/h10,12H,4-9H2,1-3H3/t10-/m1/s1. The highest BCUT2D eigenvalue weighted by molar-refractivity contribution is 4.68. The van der Waals surface area contributed by atoms with Crippen LogP contribution in [0.15, 0.2) is 0 Å². The maximum atomic E-state index is 8.84. The van der Waals surface area contributed by atoms with E-state index in [-0.39, 0.29) is 6.61 Å². The lowest BCUT2D eigenvalue weighted by Crippen LogP contribution is -2.36. The van der Waals surface area contributed by atoms with Crippen LogP contribution < -0.4 is 0 Å². The summed E-state index contributed by atoms with van der Waals surface area (Å²) in [6.45, 7) is 8.77. The molecule has 0 aliphatic heterocycles. The van der Waals surface area contributed by atoms with Crippen molar-refractivity contribution in [1.29, 1.82) is 0 Å². The highest BCUT2D eigenvalue weighted by atomic mass is 16.3. The van der Waals surface area contributed by atoms with E-state index in [0.29, 0.717) is 6.04 Å². The van der Waals surface area contributed by atoms with Gasteiger partial charge in [0, 0.05) is 12.6 Å². The van der Waals surface area contributed by atoms with Crippen LogP contribution in [0.3, 0.4) is 0 Å². The molecule has 0 radical (unpaired) electrons. The molecule has 1 atom stereocenters. The summed E-state index contributed by atoms with van der Waals surface area (Å²) in [4.78, 5) is 2.36. The van der Waals surface area contributed by atoms with E-state index in [1.54, 1.807) is 0 Å². The summed E-state index contributed by atoms with van der Waals surface area (Å²) >= 11 is 0. The van der Waals surface area contributed by atoms with Crippen molar-refractivity contribution in [1.82, 2.24) is 4.90 Å². The molecule has 0 unspecified atom stereocenters. The van der Waals surface area contributed by atoms with Gasteiger partial charge in [0.1, 0.15) is 0 Å². The van der Waals surface area contributed by atoms with Crippen LogP contribution in [0.1, 0.15) is 40.0 Å². The van der Waals surface area contributed by atoms with Crippen molar-refractivity contribution in [3.05, 3.63) is 0 Å². The first-order valence-electron chi connectivity index (χ1n) is 5.14. The molecule has 0 bridgehead atoms. The zero-order chi connectivity index (χ0) is 9.40. The topological polar surface area (TPSA) is 23.5 Å². The first kappa shape index (κ1) is 11.9. The van der Waals surface area contributed by atoms with Gasteiger partial charge in [-0.2, -0.15) is 0 Å². The number of aliphatic hydroxyl groups excluding tert-OH is 1. The van der Waals surface area contributed by atoms with Crippen LogP contribution in [0.5, 0.6) is 0 Å². The maximum absolute atomic E-state index is 8.84. The van der Waals surface area contributed by atoms with Crippen molar-refractivity contribution < 1.29 is 5.11 Å². The third kappa shape index (κ3) is 4.07. The molecule has 0 saturated carbocycles. The fraction of sp³-hybridized carbons (Fsp3) is 1.00. The molecule has 2 heteroatoms. The molecule has 0 saturated heterocycles. The fourth-order valence-corrected chi connectivity index (χ4v) is 1.71. The minimum atomic E-state index is 0.286. The monoisotopic (exact) mass is 173 g/mol. The zero-order valence-electron chi connectivity index (χ0n) is 8.71. The highest BCUT2D eigenvalue weighted by Gasteiger charge is 2.12. The summed E-state index contributed by atoms with van der Waals surface area (Å²) in [7, 11) is 0.